The number of pyridine rings is 1. The molecule has 4 nitrogen and oxygen atoms in total. The van der Waals surface area contributed by atoms with Gasteiger partial charge in [-0.05, 0) is 37.6 Å². The van der Waals surface area contributed by atoms with Gasteiger partial charge in [-0.15, -0.1) is 11.8 Å². The van der Waals surface area contributed by atoms with Crippen molar-refractivity contribution in [3.05, 3.63) is 41.6 Å². The van der Waals surface area contributed by atoms with E-state index in [0.717, 1.165) is 16.2 Å². The zero-order valence-corrected chi connectivity index (χ0v) is 15.5. The van der Waals surface area contributed by atoms with Gasteiger partial charge in [-0.1, -0.05) is 23.7 Å². The second kappa shape index (κ2) is 6.81. The number of benzene rings is 1. The van der Waals surface area contributed by atoms with Crippen molar-refractivity contribution < 1.29 is 13.5 Å². The van der Waals surface area contributed by atoms with Gasteiger partial charge in [0.05, 0.1) is 15.5 Å². The molecule has 0 aliphatic carbocycles. The first kappa shape index (κ1) is 18.3. The van der Waals surface area contributed by atoms with E-state index in [1.54, 1.807) is 50.4 Å². The Morgan fingerprint density at radius 2 is 1.87 bits per heavy atom. The van der Waals surface area contributed by atoms with E-state index in [2.05, 4.69) is 4.98 Å². The standard InChI is InChI=1S/C16H18ClNO3S2/c1-16(2,19)10-22-15-14(8-12(17)9-18-15)11-4-6-13(7-5-11)23(3,20)21/h4-9,19H,10H2,1-3H3. The summed E-state index contributed by atoms with van der Waals surface area (Å²) in [6.45, 7) is 3.47. The third-order valence-corrected chi connectivity index (χ3v) is 5.76. The van der Waals surface area contributed by atoms with E-state index in [1.165, 1.54) is 18.0 Å². The minimum absolute atomic E-state index is 0.266. The number of aromatic nitrogens is 1. The molecule has 1 aromatic heterocycles. The van der Waals surface area contributed by atoms with Crippen molar-refractivity contribution in [3.8, 4) is 11.1 Å². The predicted molar refractivity (Wildman–Crippen MR) is 94.8 cm³/mol. The molecular formula is C16H18ClNO3S2. The zero-order valence-electron chi connectivity index (χ0n) is 13.1. The van der Waals surface area contributed by atoms with E-state index in [0.29, 0.717) is 10.8 Å². The Kier molecular flexibility index (Phi) is 5.41. The molecule has 0 fully saturated rings. The van der Waals surface area contributed by atoms with Crippen LogP contribution in [0.5, 0.6) is 0 Å². The van der Waals surface area contributed by atoms with Crippen molar-refractivity contribution in [1.29, 1.82) is 0 Å². The first-order valence-corrected chi connectivity index (χ1v) is 10.1. The molecule has 0 unspecified atom stereocenters. The molecule has 0 saturated heterocycles. The molecule has 2 rings (SSSR count). The summed E-state index contributed by atoms with van der Waals surface area (Å²) in [6.07, 6.45) is 2.73. The van der Waals surface area contributed by atoms with Crippen LogP contribution < -0.4 is 0 Å². The quantitative estimate of drug-likeness (QED) is 0.812. The number of hydrogen-bond donors (Lipinski definition) is 1. The highest BCUT2D eigenvalue weighted by atomic mass is 35.5. The summed E-state index contributed by atoms with van der Waals surface area (Å²) in [7, 11) is -3.23. The molecule has 0 spiro atoms. The van der Waals surface area contributed by atoms with Gasteiger partial charge >= 0.3 is 0 Å². The van der Waals surface area contributed by atoms with Crippen LogP contribution in [0.3, 0.4) is 0 Å². The number of rotatable bonds is 5. The van der Waals surface area contributed by atoms with E-state index in [-0.39, 0.29) is 4.90 Å². The summed E-state index contributed by atoms with van der Waals surface area (Å²) in [5.74, 6) is 0.482. The summed E-state index contributed by atoms with van der Waals surface area (Å²) < 4.78 is 23.1. The van der Waals surface area contributed by atoms with Crippen molar-refractivity contribution in [2.24, 2.45) is 0 Å². The maximum atomic E-state index is 11.5. The highest BCUT2D eigenvalue weighted by Crippen LogP contribution is 2.33. The van der Waals surface area contributed by atoms with Crippen LogP contribution in [0.2, 0.25) is 5.02 Å². The van der Waals surface area contributed by atoms with Gasteiger partial charge in [-0.25, -0.2) is 13.4 Å². The van der Waals surface area contributed by atoms with Gasteiger partial charge in [0.25, 0.3) is 0 Å². The van der Waals surface area contributed by atoms with Crippen LogP contribution in [0.15, 0.2) is 46.5 Å². The van der Waals surface area contributed by atoms with Gasteiger partial charge in [-0.2, -0.15) is 0 Å². The zero-order chi connectivity index (χ0) is 17.3. The van der Waals surface area contributed by atoms with Gasteiger partial charge in [0, 0.05) is 23.8 Å². The highest BCUT2D eigenvalue weighted by Gasteiger charge is 2.16. The van der Waals surface area contributed by atoms with Crippen molar-refractivity contribution >= 4 is 33.2 Å². The van der Waals surface area contributed by atoms with Crippen LogP contribution in [0.4, 0.5) is 0 Å². The lowest BCUT2D eigenvalue weighted by Gasteiger charge is -2.17. The van der Waals surface area contributed by atoms with Crippen LogP contribution in [0.1, 0.15) is 13.8 Å². The molecule has 0 aliphatic rings. The normalized spacial score (nSPS) is 12.4. The maximum absolute atomic E-state index is 11.5. The topological polar surface area (TPSA) is 67.3 Å². The summed E-state index contributed by atoms with van der Waals surface area (Å²) >= 11 is 7.47. The molecule has 1 heterocycles. The highest BCUT2D eigenvalue weighted by molar-refractivity contribution is 7.99. The number of halogens is 1. The third-order valence-electron chi connectivity index (χ3n) is 2.97. The average molecular weight is 372 g/mol. The van der Waals surface area contributed by atoms with Crippen molar-refractivity contribution in [2.75, 3.05) is 12.0 Å². The average Bonchev–Trinajstić information content (AvgIpc) is 2.44. The van der Waals surface area contributed by atoms with E-state index in [9.17, 15) is 13.5 Å². The third kappa shape index (κ3) is 5.21. The Balaban J connectivity index is 2.40. The lowest BCUT2D eigenvalue weighted by molar-refractivity contribution is 0.107. The van der Waals surface area contributed by atoms with Gasteiger partial charge in [0.1, 0.15) is 5.03 Å². The summed E-state index contributed by atoms with van der Waals surface area (Å²) in [6, 6.07) is 8.39. The van der Waals surface area contributed by atoms with Gasteiger partial charge in [0.2, 0.25) is 0 Å². The van der Waals surface area contributed by atoms with Crippen molar-refractivity contribution in [2.45, 2.75) is 29.4 Å². The van der Waals surface area contributed by atoms with Crippen molar-refractivity contribution in [3.63, 3.8) is 0 Å². The number of nitrogens with zero attached hydrogens (tertiary/aromatic N) is 1. The second-order valence-electron chi connectivity index (χ2n) is 5.90. The molecule has 2 aromatic rings. The molecule has 0 atom stereocenters. The molecule has 1 aromatic carbocycles. The molecule has 124 valence electrons. The summed E-state index contributed by atoms with van der Waals surface area (Å²) in [5, 5.41) is 11.1. The first-order valence-electron chi connectivity index (χ1n) is 6.87. The lowest BCUT2D eigenvalue weighted by atomic mass is 10.1. The van der Waals surface area contributed by atoms with E-state index >= 15 is 0 Å². The van der Waals surface area contributed by atoms with Crippen molar-refractivity contribution in [1.82, 2.24) is 4.98 Å². The molecule has 0 radical (unpaired) electrons. The minimum Gasteiger partial charge on any atom is -0.390 e. The van der Waals surface area contributed by atoms with Gasteiger partial charge < -0.3 is 5.11 Å². The number of hydrogen-bond acceptors (Lipinski definition) is 5. The molecular weight excluding hydrogens is 354 g/mol. The fraction of sp³-hybridized carbons (Fsp3) is 0.312. The maximum Gasteiger partial charge on any atom is 0.175 e. The Morgan fingerprint density at radius 1 is 1.26 bits per heavy atom. The van der Waals surface area contributed by atoms with Crippen LogP contribution >= 0.6 is 23.4 Å². The fourth-order valence-electron chi connectivity index (χ4n) is 1.88. The molecule has 0 bridgehead atoms. The van der Waals surface area contributed by atoms with E-state index < -0.39 is 15.4 Å². The molecule has 0 saturated carbocycles. The largest absolute Gasteiger partial charge is 0.390 e. The predicted octanol–water partition coefficient (Wildman–Crippen LogP) is 3.67. The second-order valence-corrected chi connectivity index (χ2v) is 9.32. The van der Waals surface area contributed by atoms with Crippen LogP contribution in [-0.4, -0.2) is 36.1 Å². The number of sulfone groups is 1. The van der Waals surface area contributed by atoms with Gasteiger partial charge in [-0.3, -0.25) is 0 Å². The van der Waals surface area contributed by atoms with E-state index in [1.807, 2.05) is 0 Å². The summed E-state index contributed by atoms with van der Waals surface area (Å²) in [4.78, 5) is 4.60. The van der Waals surface area contributed by atoms with Gasteiger partial charge in [0.15, 0.2) is 9.84 Å². The fourth-order valence-corrected chi connectivity index (χ4v) is 3.61. The Bertz CT molecular complexity index is 797. The summed E-state index contributed by atoms with van der Waals surface area (Å²) in [5.41, 5.74) is 0.820. The molecule has 0 aliphatic heterocycles. The molecule has 7 heteroatoms. The van der Waals surface area contributed by atoms with E-state index in [4.69, 9.17) is 11.6 Å². The molecule has 0 amide bonds. The Morgan fingerprint density at radius 3 is 2.39 bits per heavy atom. The number of thioether (sulfide) groups is 1. The minimum atomic E-state index is -3.23. The first-order chi connectivity index (χ1) is 10.6. The Hall–Kier alpha value is -1.08. The van der Waals surface area contributed by atoms with Crippen LogP contribution in [0, 0.1) is 0 Å². The molecule has 1 N–H and O–H groups in total. The number of aliphatic hydroxyl groups is 1. The van der Waals surface area contributed by atoms with Crippen LogP contribution in [-0.2, 0) is 9.84 Å². The SMILES string of the molecule is CC(C)(O)CSc1ncc(Cl)cc1-c1ccc(S(C)(=O)=O)cc1. The monoisotopic (exact) mass is 371 g/mol. The lowest BCUT2D eigenvalue weighted by Crippen LogP contribution is -2.21. The van der Waals surface area contributed by atoms with Crippen LogP contribution in [0.25, 0.3) is 11.1 Å². The smallest absolute Gasteiger partial charge is 0.175 e. The Labute approximate surface area is 145 Å². The molecule has 23 heavy (non-hydrogen) atoms.